The van der Waals surface area contributed by atoms with Gasteiger partial charge in [-0.05, 0) is 108 Å². The van der Waals surface area contributed by atoms with Crippen LogP contribution in [0.4, 0.5) is 22.7 Å². The monoisotopic (exact) mass is 662 g/mol. The van der Waals surface area contributed by atoms with Crippen molar-refractivity contribution in [3.63, 3.8) is 0 Å². The van der Waals surface area contributed by atoms with Gasteiger partial charge in [0, 0.05) is 39.6 Å². The van der Waals surface area contributed by atoms with E-state index in [-0.39, 0.29) is 17.0 Å². The van der Waals surface area contributed by atoms with Gasteiger partial charge >= 0.3 is 0 Å². The van der Waals surface area contributed by atoms with E-state index < -0.39 is 0 Å². The molecule has 0 atom stereocenters. The van der Waals surface area contributed by atoms with Gasteiger partial charge in [-0.3, -0.25) is 0 Å². The fourth-order valence-corrected chi connectivity index (χ4v) is 8.38. The smallest absolute Gasteiger partial charge is 0.0581 e. The molecule has 0 N–H and O–H groups in total. The van der Waals surface area contributed by atoms with E-state index in [1.165, 1.54) is 72.5 Å². The lowest BCUT2D eigenvalue weighted by molar-refractivity contribution is 0.627. The average Bonchev–Trinajstić information content (AvgIpc) is 3.35. The summed E-state index contributed by atoms with van der Waals surface area (Å²) < 4.78 is 0. The Labute approximate surface area is 303 Å². The Bertz CT molecular complexity index is 2380. The van der Waals surface area contributed by atoms with E-state index in [0.717, 1.165) is 5.56 Å². The molecule has 6 aromatic carbocycles. The average molecular weight is 663 g/mol. The minimum atomic E-state index is -0.160. The Morgan fingerprint density at radius 1 is 0.647 bits per heavy atom. The van der Waals surface area contributed by atoms with Gasteiger partial charge in [0.05, 0.1) is 5.54 Å². The molecule has 0 saturated carbocycles. The lowest BCUT2D eigenvalue weighted by atomic mass is 9.81. The summed E-state index contributed by atoms with van der Waals surface area (Å²) in [6.45, 7) is 17.9. The highest BCUT2D eigenvalue weighted by Crippen LogP contribution is 2.51. The maximum absolute atomic E-state index is 4.09. The molecule has 6 aromatic rings. The van der Waals surface area contributed by atoms with Crippen LogP contribution in [0.3, 0.4) is 0 Å². The normalized spacial score (nSPS) is 15.2. The van der Waals surface area contributed by atoms with Gasteiger partial charge in [-0.1, -0.05) is 142 Å². The summed E-state index contributed by atoms with van der Waals surface area (Å²) in [5.41, 5.74) is 14.8. The second-order valence-corrected chi connectivity index (χ2v) is 15.3. The summed E-state index contributed by atoms with van der Waals surface area (Å²) in [5, 5.41) is 2.51. The Balaban J connectivity index is 1.14. The van der Waals surface area contributed by atoms with E-state index in [4.69, 9.17) is 0 Å². The lowest BCUT2D eigenvalue weighted by Gasteiger charge is -2.42. The first kappa shape index (κ1) is 32.6. The van der Waals surface area contributed by atoms with E-state index in [0.29, 0.717) is 0 Å². The zero-order valence-corrected chi connectivity index (χ0v) is 30.6. The Morgan fingerprint density at radius 2 is 1.33 bits per heavy atom. The van der Waals surface area contributed by atoms with Crippen molar-refractivity contribution in [3.05, 3.63) is 167 Å². The molecule has 252 valence electrons. The number of hydrogen-bond acceptors (Lipinski definition) is 2. The zero-order chi connectivity index (χ0) is 35.5. The molecule has 1 aliphatic carbocycles. The highest BCUT2D eigenvalue weighted by atomic mass is 15.2. The number of para-hydroxylation sites is 2. The Hall–Kier alpha value is -5.60. The number of anilines is 4. The summed E-state index contributed by atoms with van der Waals surface area (Å²) in [6, 6.07) is 44.9. The summed E-state index contributed by atoms with van der Waals surface area (Å²) in [7, 11) is 0. The molecule has 0 aromatic heterocycles. The predicted octanol–water partition coefficient (Wildman–Crippen LogP) is 13.4. The van der Waals surface area contributed by atoms with Crippen LogP contribution in [0, 0.1) is 0 Å². The molecule has 2 nitrogen and oxygen atoms in total. The topological polar surface area (TPSA) is 6.48 Å². The van der Waals surface area contributed by atoms with Crippen molar-refractivity contribution in [3.8, 4) is 11.1 Å². The third kappa shape index (κ3) is 5.42. The van der Waals surface area contributed by atoms with Crippen molar-refractivity contribution < 1.29 is 0 Å². The second-order valence-electron chi connectivity index (χ2n) is 15.3. The van der Waals surface area contributed by atoms with Crippen LogP contribution in [0.1, 0.15) is 74.9 Å². The lowest BCUT2D eigenvalue weighted by Crippen LogP contribution is -2.40. The van der Waals surface area contributed by atoms with E-state index in [1.54, 1.807) is 0 Å². The van der Waals surface area contributed by atoms with Crippen LogP contribution in [0.25, 0.3) is 46.2 Å². The molecule has 2 heteroatoms. The highest BCUT2D eigenvalue weighted by molar-refractivity contribution is 6.03. The number of nitrogens with zero attached hydrogens (tertiary/aromatic N) is 2. The predicted molar refractivity (Wildman–Crippen MR) is 222 cm³/mol. The largest absolute Gasteiger partial charge is 0.338 e. The van der Waals surface area contributed by atoms with Gasteiger partial charge in [0.1, 0.15) is 0 Å². The molecule has 1 heterocycles. The van der Waals surface area contributed by atoms with Crippen LogP contribution >= 0.6 is 0 Å². The summed E-state index contributed by atoms with van der Waals surface area (Å²) >= 11 is 0. The van der Waals surface area contributed by atoms with Crippen molar-refractivity contribution in [2.45, 2.75) is 58.5 Å². The summed E-state index contributed by atoms with van der Waals surface area (Å²) in [5.74, 6) is 0. The molecule has 0 spiro atoms. The molecule has 2 aliphatic rings. The summed E-state index contributed by atoms with van der Waals surface area (Å²) in [4.78, 5) is 4.92. The zero-order valence-electron chi connectivity index (χ0n) is 30.6. The fourth-order valence-electron chi connectivity index (χ4n) is 8.38. The third-order valence-corrected chi connectivity index (χ3v) is 11.0. The van der Waals surface area contributed by atoms with Crippen molar-refractivity contribution in [2.24, 2.45) is 0 Å². The standard InChI is InChI=1S/C49H46N2/c1-8-35-15-9-13-19-45(35)50(33(2)3)38-25-27-41-40-26-22-34(31-43(40)49(6,7)44(41)32-38)21-23-36-24-28-47(42-18-12-11-17-39(36)42)51-46-20-14-10-16-37(46)29-30-48(51,4)5/h8-33H,1H2,2-7H3. The van der Waals surface area contributed by atoms with Gasteiger partial charge in [0.25, 0.3) is 0 Å². The van der Waals surface area contributed by atoms with Crippen LogP contribution in [0.5, 0.6) is 0 Å². The molecule has 8 rings (SSSR count). The van der Waals surface area contributed by atoms with Gasteiger partial charge < -0.3 is 9.80 Å². The van der Waals surface area contributed by atoms with Gasteiger partial charge in [-0.2, -0.15) is 0 Å². The first-order valence-corrected chi connectivity index (χ1v) is 18.2. The minimum Gasteiger partial charge on any atom is -0.338 e. The maximum atomic E-state index is 4.09. The number of hydrogen-bond donors (Lipinski definition) is 0. The van der Waals surface area contributed by atoms with Crippen molar-refractivity contribution in [1.29, 1.82) is 0 Å². The fraction of sp³-hybridized carbons (Fsp3) is 0.184. The molecule has 0 saturated heterocycles. The minimum absolute atomic E-state index is 0.133. The number of rotatable bonds is 7. The first-order chi connectivity index (χ1) is 24.6. The first-order valence-electron chi connectivity index (χ1n) is 18.2. The molecule has 0 unspecified atom stereocenters. The number of benzene rings is 6. The Kier molecular flexibility index (Phi) is 7.87. The van der Waals surface area contributed by atoms with E-state index in [2.05, 4.69) is 204 Å². The van der Waals surface area contributed by atoms with E-state index in [1.807, 2.05) is 6.08 Å². The van der Waals surface area contributed by atoms with Crippen LogP contribution in [-0.4, -0.2) is 11.6 Å². The van der Waals surface area contributed by atoms with Crippen LogP contribution < -0.4 is 9.80 Å². The van der Waals surface area contributed by atoms with E-state index in [9.17, 15) is 0 Å². The van der Waals surface area contributed by atoms with Crippen molar-refractivity contribution in [2.75, 3.05) is 9.80 Å². The molecule has 1 aliphatic heterocycles. The quantitative estimate of drug-likeness (QED) is 0.157. The highest BCUT2D eigenvalue weighted by Gasteiger charge is 2.36. The van der Waals surface area contributed by atoms with Crippen LogP contribution in [0.2, 0.25) is 0 Å². The van der Waals surface area contributed by atoms with Crippen molar-refractivity contribution in [1.82, 2.24) is 0 Å². The molecular weight excluding hydrogens is 617 g/mol. The molecule has 51 heavy (non-hydrogen) atoms. The van der Waals surface area contributed by atoms with Crippen molar-refractivity contribution >= 4 is 57.8 Å². The van der Waals surface area contributed by atoms with Gasteiger partial charge in [0.2, 0.25) is 0 Å². The van der Waals surface area contributed by atoms with Crippen LogP contribution in [0.15, 0.2) is 134 Å². The molecule has 0 fully saturated rings. The second kappa shape index (κ2) is 12.3. The molecule has 0 radical (unpaired) electrons. The summed E-state index contributed by atoms with van der Waals surface area (Å²) in [6.07, 6.45) is 11.1. The maximum Gasteiger partial charge on any atom is 0.0581 e. The number of fused-ring (bicyclic) bond motifs is 5. The SMILES string of the molecule is C=Cc1ccccc1N(c1ccc2c(c1)C(C)(C)c1cc(C=Cc3ccc(N4c5ccccc5C=CC4(C)C)c4ccccc34)ccc1-2)C(C)C. The third-order valence-electron chi connectivity index (χ3n) is 11.0. The molecule has 0 amide bonds. The van der Waals surface area contributed by atoms with Crippen LogP contribution in [-0.2, 0) is 5.41 Å². The van der Waals surface area contributed by atoms with Gasteiger partial charge in [-0.25, -0.2) is 0 Å². The van der Waals surface area contributed by atoms with E-state index >= 15 is 0 Å². The Morgan fingerprint density at radius 3 is 2.12 bits per heavy atom. The van der Waals surface area contributed by atoms with Gasteiger partial charge in [-0.15, -0.1) is 0 Å². The van der Waals surface area contributed by atoms with Gasteiger partial charge in [0.15, 0.2) is 0 Å². The molecule has 0 bridgehead atoms. The molecular formula is C49H46N2.